The minimum absolute atomic E-state index is 0.318. The lowest BCUT2D eigenvalue weighted by Crippen LogP contribution is -2.25. The number of ether oxygens (including phenoxy) is 1. The van der Waals surface area contributed by atoms with Gasteiger partial charge in [-0.05, 0) is 44.5 Å². The standard InChI is InChI=1S/C17H19N7O/c1-11-3-4-14(8-19-11)24-16(12(2)20-23-24)10-25-17-7-13-5-6-18-9-15(13)21-22-17/h3-4,7-8,18H,5-6,9-10H2,1-2H3. The van der Waals surface area contributed by atoms with Gasteiger partial charge < -0.3 is 10.1 Å². The molecule has 0 aliphatic carbocycles. The largest absolute Gasteiger partial charge is 0.470 e. The Labute approximate surface area is 145 Å². The smallest absolute Gasteiger partial charge is 0.234 e. The number of hydrogen-bond acceptors (Lipinski definition) is 7. The first-order valence-corrected chi connectivity index (χ1v) is 8.24. The highest BCUT2D eigenvalue weighted by Gasteiger charge is 2.15. The molecule has 1 N–H and O–H groups in total. The van der Waals surface area contributed by atoms with Crippen LogP contribution < -0.4 is 10.1 Å². The van der Waals surface area contributed by atoms with E-state index in [2.05, 4.69) is 30.8 Å². The molecule has 0 saturated heterocycles. The fraction of sp³-hybridized carbons (Fsp3) is 0.353. The lowest BCUT2D eigenvalue weighted by molar-refractivity contribution is 0.280. The summed E-state index contributed by atoms with van der Waals surface area (Å²) in [6, 6.07) is 5.88. The monoisotopic (exact) mass is 337 g/mol. The highest BCUT2D eigenvalue weighted by atomic mass is 16.5. The number of aryl methyl sites for hydroxylation is 2. The molecule has 3 aromatic heterocycles. The highest BCUT2D eigenvalue weighted by molar-refractivity contribution is 5.32. The zero-order valence-electron chi connectivity index (χ0n) is 14.2. The van der Waals surface area contributed by atoms with E-state index in [0.717, 1.165) is 48.0 Å². The molecule has 4 heterocycles. The van der Waals surface area contributed by atoms with Gasteiger partial charge in [-0.25, -0.2) is 4.68 Å². The van der Waals surface area contributed by atoms with Crippen molar-refractivity contribution in [3.05, 3.63) is 52.7 Å². The van der Waals surface area contributed by atoms with Crippen molar-refractivity contribution >= 4 is 0 Å². The predicted molar refractivity (Wildman–Crippen MR) is 90.4 cm³/mol. The number of fused-ring (bicyclic) bond motifs is 1. The van der Waals surface area contributed by atoms with Gasteiger partial charge >= 0.3 is 0 Å². The van der Waals surface area contributed by atoms with Crippen molar-refractivity contribution in [1.29, 1.82) is 0 Å². The third-order valence-corrected chi connectivity index (χ3v) is 4.26. The lowest BCUT2D eigenvalue weighted by Gasteiger charge is -2.16. The Hall–Kier alpha value is -2.87. The van der Waals surface area contributed by atoms with Gasteiger partial charge in [0.15, 0.2) is 0 Å². The first-order chi connectivity index (χ1) is 12.2. The number of rotatable bonds is 4. The second-order valence-corrected chi connectivity index (χ2v) is 6.06. The normalized spacial score (nSPS) is 13.5. The minimum atomic E-state index is 0.318. The van der Waals surface area contributed by atoms with E-state index in [0.29, 0.717) is 12.5 Å². The summed E-state index contributed by atoms with van der Waals surface area (Å²) in [4.78, 5) is 4.31. The first kappa shape index (κ1) is 15.6. The maximum absolute atomic E-state index is 5.87. The van der Waals surface area contributed by atoms with Crippen molar-refractivity contribution in [2.24, 2.45) is 0 Å². The summed E-state index contributed by atoms with van der Waals surface area (Å²) in [6.45, 7) is 5.89. The summed E-state index contributed by atoms with van der Waals surface area (Å²) in [5.74, 6) is 0.523. The molecule has 3 aromatic rings. The van der Waals surface area contributed by atoms with Crippen LogP contribution in [0, 0.1) is 13.8 Å². The molecule has 128 valence electrons. The van der Waals surface area contributed by atoms with E-state index in [9.17, 15) is 0 Å². The predicted octanol–water partition coefficient (Wildman–Crippen LogP) is 1.29. The van der Waals surface area contributed by atoms with Crippen LogP contribution in [0.4, 0.5) is 0 Å². The molecule has 0 bridgehead atoms. The number of nitrogens with one attached hydrogen (secondary N) is 1. The Bertz CT molecular complexity index is 889. The average molecular weight is 337 g/mol. The third-order valence-electron chi connectivity index (χ3n) is 4.26. The zero-order chi connectivity index (χ0) is 17.2. The van der Waals surface area contributed by atoms with Gasteiger partial charge in [0.05, 0.1) is 23.3 Å². The van der Waals surface area contributed by atoms with Crippen LogP contribution in [-0.4, -0.2) is 36.7 Å². The van der Waals surface area contributed by atoms with Crippen LogP contribution in [0.15, 0.2) is 24.4 Å². The van der Waals surface area contributed by atoms with Crippen LogP contribution in [-0.2, 0) is 19.6 Å². The quantitative estimate of drug-likeness (QED) is 0.767. The molecular weight excluding hydrogens is 318 g/mol. The molecule has 25 heavy (non-hydrogen) atoms. The number of hydrogen-bond donors (Lipinski definition) is 1. The summed E-state index contributed by atoms with van der Waals surface area (Å²) in [6.07, 6.45) is 2.72. The number of nitrogens with zero attached hydrogens (tertiary/aromatic N) is 6. The maximum atomic E-state index is 5.87. The highest BCUT2D eigenvalue weighted by Crippen LogP contribution is 2.18. The molecule has 0 saturated carbocycles. The van der Waals surface area contributed by atoms with E-state index in [-0.39, 0.29) is 0 Å². The Balaban J connectivity index is 1.55. The Morgan fingerprint density at radius 1 is 1.20 bits per heavy atom. The molecule has 0 spiro atoms. The average Bonchev–Trinajstić information content (AvgIpc) is 3.01. The van der Waals surface area contributed by atoms with Crippen LogP contribution in [0.1, 0.15) is 28.3 Å². The maximum Gasteiger partial charge on any atom is 0.234 e. The minimum Gasteiger partial charge on any atom is -0.470 e. The van der Waals surface area contributed by atoms with Gasteiger partial charge in [0.1, 0.15) is 12.3 Å². The number of aromatic nitrogens is 6. The van der Waals surface area contributed by atoms with Gasteiger partial charge in [0, 0.05) is 18.3 Å². The molecule has 1 aliphatic rings. The van der Waals surface area contributed by atoms with Gasteiger partial charge in [-0.2, -0.15) is 5.10 Å². The van der Waals surface area contributed by atoms with Crippen LogP contribution in [0.25, 0.3) is 5.69 Å². The Morgan fingerprint density at radius 3 is 2.96 bits per heavy atom. The van der Waals surface area contributed by atoms with E-state index in [1.807, 2.05) is 32.0 Å². The van der Waals surface area contributed by atoms with Crippen molar-refractivity contribution in [3.63, 3.8) is 0 Å². The van der Waals surface area contributed by atoms with E-state index >= 15 is 0 Å². The second kappa shape index (κ2) is 6.56. The number of pyridine rings is 1. The van der Waals surface area contributed by atoms with Gasteiger partial charge in [0.2, 0.25) is 5.88 Å². The SMILES string of the molecule is Cc1ccc(-n2nnc(C)c2COc2cc3c(nn2)CNCC3)cn1. The Morgan fingerprint density at radius 2 is 2.12 bits per heavy atom. The van der Waals surface area contributed by atoms with E-state index < -0.39 is 0 Å². The van der Waals surface area contributed by atoms with Crippen LogP contribution in [0.3, 0.4) is 0 Å². The fourth-order valence-corrected chi connectivity index (χ4v) is 2.78. The topological polar surface area (TPSA) is 90.6 Å². The lowest BCUT2D eigenvalue weighted by atomic mass is 10.1. The summed E-state index contributed by atoms with van der Waals surface area (Å²) < 4.78 is 7.62. The molecule has 8 heteroatoms. The molecule has 0 radical (unpaired) electrons. The molecule has 0 atom stereocenters. The summed E-state index contributed by atoms with van der Waals surface area (Å²) >= 11 is 0. The van der Waals surface area contributed by atoms with Gasteiger partial charge in [0.25, 0.3) is 0 Å². The zero-order valence-corrected chi connectivity index (χ0v) is 14.2. The molecule has 0 amide bonds. The summed E-state index contributed by atoms with van der Waals surface area (Å²) in [7, 11) is 0. The Kier molecular flexibility index (Phi) is 4.10. The van der Waals surface area contributed by atoms with Crippen LogP contribution in [0.5, 0.6) is 5.88 Å². The van der Waals surface area contributed by atoms with Crippen molar-refractivity contribution < 1.29 is 4.74 Å². The summed E-state index contributed by atoms with van der Waals surface area (Å²) in [5.41, 5.74) is 5.68. The molecule has 4 rings (SSSR count). The molecule has 1 aliphatic heterocycles. The van der Waals surface area contributed by atoms with Gasteiger partial charge in [-0.1, -0.05) is 5.21 Å². The molecule has 0 fully saturated rings. The van der Waals surface area contributed by atoms with Crippen molar-refractivity contribution in [2.45, 2.75) is 33.4 Å². The van der Waals surface area contributed by atoms with Gasteiger partial charge in [-0.15, -0.1) is 10.2 Å². The molecular formula is C17H19N7O. The first-order valence-electron chi connectivity index (χ1n) is 8.24. The van der Waals surface area contributed by atoms with Crippen molar-refractivity contribution in [3.8, 4) is 11.6 Å². The van der Waals surface area contributed by atoms with E-state index in [1.54, 1.807) is 10.9 Å². The summed E-state index contributed by atoms with van der Waals surface area (Å²) in [5, 5.41) is 20.0. The molecule has 0 unspecified atom stereocenters. The molecule has 0 aromatic carbocycles. The third kappa shape index (κ3) is 3.20. The van der Waals surface area contributed by atoms with Gasteiger partial charge in [-0.3, -0.25) is 4.98 Å². The van der Waals surface area contributed by atoms with Crippen molar-refractivity contribution in [2.75, 3.05) is 6.54 Å². The fourth-order valence-electron chi connectivity index (χ4n) is 2.78. The van der Waals surface area contributed by atoms with Crippen molar-refractivity contribution in [1.82, 2.24) is 35.5 Å². The van der Waals surface area contributed by atoms with Crippen LogP contribution in [0.2, 0.25) is 0 Å². The second-order valence-electron chi connectivity index (χ2n) is 6.06. The molecule has 8 nitrogen and oxygen atoms in total. The van der Waals surface area contributed by atoms with E-state index in [4.69, 9.17) is 4.74 Å². The van der Waals surface area contributed by atoms with E-state index in [1.165, 1.54) is 5.56 Å². The van der Waals surface area contributed by atoms with Crippen LogP contribution >= 0.6 is 0 Å².